The maximum Gasteiger partial charge on any atom is 0.350 e. The highest BCUT2D eigenvalue weighted by Gasteiger charge is 2.25. The normalized spacial score (nSPS) is 21.7. The number of aliphatic carboxylic acids is 1. The van der Waals surface area contributed by atoms with Crippen molar-refractivity contribution >= 4 is 18.4 Å². The third-order valence-corrected chi connectivity index (χ3v) is 6.25. The number of halogens is 1. The molecule has 0 spiro atoms. The van der Waals surface area contributed by atoms with E-state index in [1.165, 1.54) is 15.8 Å². The van der Waals surface area contributed by atoms with Crippen molar-refractivity contribution in [1.29, 1.82) is 0 Å². The minimum Gasteiger partial charge on any atom is -0.481 e. The Morgan fingerprint density at radius 3 is 2.59 bits per heavy atom. The number of fused-ring (bicyclic) bond motifs is 1. The van der Waals surface area contributed by atoms with E-state index in [1.54, 1.807) is 10.9 Å². The summed E-state index contributed by atoms with van der Waals surface area (Å²) in [5.74, 6) is -0.271. The van der Waals surface area contributed by atoms with Gasteiger partial charge in [-0.05, 0) is 87.2 Å². The summed E-state index contributed by atoms with van der Waals surface area (Å²) in [4.78, 5) is 23.7. The fraction of sp³-hybridized carbons (Fsp3) is 0.571. The van der Waals surface area contributed by atoms with Crippen LogP contribution in [0.5, 0.6) is 0 Å². The van der Waals surface area contributed by atoms with E-state index >= 15 is 0 Å². The number of aromatic nitrogens is 3. The van der Waals surface area contributed by atoms with Gasteiger partial charge in [-0.3, -0.25) is 9.36 Å². The summed E-state index contributed by atoms with van der Waals surface area (Å²) in [6, 6.07) is 6.37. The number of benzene rings is 1. The highest BCUT2D eigenvalue weighted by molar-refractivity contribution is 5.85. The first-order chi connectivity index (χ1) is 13.6. The van der Waals surface area contributed by atoms with Crippen molar-refractivity contribution in [2.24, 2.45) is 5.92 Å². The monoisotopic (exact) mass is 420 g/mol. The molecule has 2 aromatic rings. The molecular formula is C21H29ClN4O3. The SMILES string of the molecule is Cl.O=C(O)CC[C@H]1CC[C@H](n2cnn(-c3ccc4c(c3)CCNCC4)c2=O)CC1. The van der Waals surface area contributed by atoms with E-state index in [-0.39, 0.29) is 30.6 Å². The van der Waals surface area contributed by atoms with Crippen LogP contribution in [0.3, 0.4) is 0 Å². The second-order valence-corrected chi connectivity index (χ2v) is 8.04. The fourth-order valence-electron chi connectivity index (χ4n) is 4.57. The summed E-state index contributed by atoms with van der Waals surface area (Å²) in [5.41, 5.74) is 3.39. The maximum atomic E-state index is 13.0. The first-order valence-corrected chi connectivity index (χ1v) is 10.3. The van der Waals surface area contributed by atoms with Crippen molar-refractivity contribution in [3.63, 3.8) is 0 Å². The van der Waals surface area contributed by atoms with Crippen molar-refractivity contribution in [2.75, 3.05) is 13.1 Å². The minimum absolute atomic E-state index is 0. The Hall–Kier alpha value is -2.12. The molecule has 2 heterocycles. The lowest BCUT2D eigenvalue weighted by Crippen LogP contribution is -2.29. The van der Waals surface area contributed by atoms with Gasteiger partial charge in [0.2, 0.25) is 0 Å². The first-order valence-electron chi connectivity index (χ1n) is 10.3. The number of hydrogen-bond donors (Lipinski definition) is 2. The van der Waals surface area contributed by atoms with Gasteiger partial charge in [-0.25, -0.2) is 4.79 Å². The van der Waals surface area contributed by atoms with Crippen molar-refractivity contribution in [3.05, 3.63) is 46.1 Å². The Balaban J connectivity index is 0.00000240. The summed E-state index contributed by atoms with van der Waals surface area (Å²) in [5, 5.41) is 16.6. The second-order valence-electron chi connectivity index (χ2n) is 8.04. The summed E-state index contributed by atoms with van der Waals surface area (Å²) >= 11 is 0. The smallest absolute Gasteiger partial charge is 0.350 e. The highest BCUT2D eigenvalue weighted by Crippen LogP contribution is 2.33. The van der Waals surface area contributed by atoms with Crippen LogP contribution < -0.4 is 11.0 Å². The van der Waals surface area contributed by atoms with Crippen molar-refractivity contribution in [2.45, 2.75) is 57.4 Å². The fourth-order valence-corrected chi connectivity index (χ4v) is 4.57. The van der Waals surface area contributed by atoms with E-state index in [4.69, 9.17) is 5.11 Å². The molecule has 0 bridgehead atoms. The molecule has 1 fully saturated rings. The maximum absolute atomic E-state index is 13.0. The molecule has 158 valence electrons. The molecule has 4 rings (SSSR count). The number of hydrogen-bond acceptors (Lipinski definition) is 4. The van der Waals surface area contributed by atoms with Gasteiger partial charge in [0, 0.05) is 12.5 Å². The molecule has 8 heteroatoms. The molecule has 0 unspecified atom stereocenters. The number of carboxylic acids is 1. The number of nitrogens with zero attached hydrogens (tertiary/aromatic N) is 3. The van der Waals surface area contributed by atoms with Crippen LogP contribution in [-0.2, 0) is 17.6 Å². The van der Waals surface area contributed by atoms with Crippen LogP contribution in [0.1, 0.15) is 55.7 Å². The number of nitrogens with one attached hydrogen (secondary N) is 1. The van der Waals surface area contributed by atoms with Gasteiger partial charge in [0.15, 0.2) is 0 Å². The molecule has 0 radical (unpaired) electrons. The predicted octanol–water partition coefficient (Wildman–Crippen LogP) is 2.74. The quantitative estimate of drug-likeness (QED) is 0.776. The van der Waals surface area contributed by atoms with Crippen LogP contribution in [0.15, 0.2) is 29.3 Å². The number of carbonyl (C=O) groups is 1. The van der Waals surface area contributed by atoms with Crippen LogP contribution in [0, 0.1) is 5.92 Å². The minimum atomic E-state index is -0.726. The van der Waals surface area contributed by atoms with E-state index in [9.17, 15) is 9.59 Å². The van der Waals surface area contributed by atoms with E-state index in [2.05, 4.69) is 22.5 Å². The third-order valence-electron chi connectivity index (χ3n) is 6.25. The largest absolute Gasteiger partial charge is 0.481 e. The zero-order valence-electron chi connectivity index (χ0n) is 16.5. The lowest BCUT2D eigenvalue weighted by atomic mass is 9.83. The molecule has 1 aromatic carbocycles. The Morgan fingerprint density at radius 1 is 1.14 bits per heavy atom. The Kier molecular flexibility index (Phi) is 7.14. The molecule has 7 nitrogen and oxygen atoms in total. The average Bonchev–Trinajstić information content (AvgIpc) is 2.93. The van der Waals surface area contributed by atoms with Gasteiger partial charge in [0.25, 0.3) is 0 Å². The van der Waals surface area contributed by atoms with Gasteiger partial charge in [0.05, 0.1) is 5.69 Å². The van der Waals surface area contributed by atoms with Gasteiger partial charge in [-0.1, -0.05) is 6.07 Å². The van der Waals surface area contributed by atoms with Crippen LogP contribution in [0.2, 0.25) is 0 Å². The average molecular weight is 421 g/mol. The second kappa shape index (κ2) is 9.59. The van der Waals surface area contributed by atoms with E-state index < -0.39 is 5.97 Å². The molecule has 29 heavy (non-hydrogen) atoms. The van der Waals surface area contributed by atoms with Crippen LogP contribution in [-0.4, -0.2) is 38.5 Å². The molecule has 0 atom stereocenters. The van der Waals surface area contributed by atoms with Crippen molar-refractivity contribution < 1.29 is 9.90 Å². The highest BCUT2D eigenvalue weighted by atomic mass is 35.5. The van der Waals surface area contributed by atoms with Crippen LogP contribution >= 0.6 is 12.4 Å². The van der Waals surface area contributed by atoms with Crippen LogP contribution in [0.4, 0.5) is 0 Å². The van der Waals surface area contributed by atoms with Gasteiger partial charge >= 0.3 is 11.7 Å². The standard InChI is InChI=1S/C21H28N4O3.ClH/c26-20(27)8-3-15-1-5-18(6-2-15)24-14-23-25(21(24)28)19-7-4-16-9-11-22-12-10-17(16)13-19;/h4,7,13-15,18,22H,1-3,5-6,8-12H2,(H,26,27);1H/t15-,18-;. The summed E-state index contributed by atoms with van der Waals surface area (Å²) < 4.78 is 3.27. The van der Waals surface area contributed by atoms with Gasteiger partial charge < -0.3 is 10.4 Å². The van der Waals surface area contributed by atoms with E-state index in [1.807, 2.05) is 6.07 Å². The molecule has 0 saturated heterocycles. The van der Waals surface area contributed by atoms with Gasteiger partial charge in [-0.15, -0.1) is 12.4 Å². The van der Waals surface area contributed by atoms with Crippen molar-refractivity contribution in [3.8, 4) is 5.69 Å². The predicted molar refractivity (Wildman–Crippen MR) is 113 cm³/mol. The molecule has 1 saturated carbocycles. The molecule has 0 amide bonds. The van der Waals surface area contributed by atoms with Crippen LogP contribution in [0.25, 0.3) is 5.69 Å². The van der Waals surface area contributed by atoms with Gasteiger partial charge in [-0.2, -0.15) is 9.78 Å². The summed E-state index contributed by atoms with van der Waals surface area (Å²) in [6.07, 6.45) is 8.39. The molecule has 1 aromatic heterocycles. The lowest BCUT2D eigenvalue weighted by molar-refractivity contribution is -0.137. The summed E-state index contributed by atoms with van der Waals surface area (Å²) in [7, 11) is 0. The third kappa shape index (κ3) is 4.90. The van der Waals surface area contributed by atoms with Gasteiger partial charge in [0.1, 0.15) is 6.33 Å². The molecule has 1 aliphatic heterocycles. The molecule has 2 aliphatic rings. The van der Waals surface area contributed by atoms with Crippen molar-refractivity contribution in [1.82, 2.24) is 19.7 Å². The first kappa shape index (κ1) is 21.6. The Labute approximate surface area is 176 Å². The molecule has 2 N–H and O–H groups in total. The zero-order chi connectivity index (χ0) is 19.5. The van der Waals surface area contributed by atoms with E-state index in [0.29, 0.717) is 5.92 Å². The lowest BCUT2D eigenvalue weighted by Gasteiger charge is -2.28. The molecular weight excluding hydrogens is 392 g/mol. The Bertz CT molecular complexity index is 900. The number of carboxylic acid groups (broad SMARTS) is 1. The Morgan fingerprint density at radius 2 is 1.86 bits per heavy atom. The topological polar surface area (TPSA) is 89.2 Å². The van der Waals surface area contributed by atoms with E-state index in [0.717, 1.165) is 63.7 Å². The summed E-state index contributed by atoms with van der Waals surface area (Å²) in [6.45, 7) is 1.96. The molecule has 1 aliphatic carbocycles. The number of rotatable bonds is 5. The zero-order valence-corrected chi connectivity index (χ0v) is 17.4.